The van der Waals surface area contributed by atoms with Gasteiger partial charge in [-0.3, -0.25) is 4.79 Å². The van der Waals surface area contributed by atoms with Crippen molar-refractivity contribution in [3.8, 4) is 28.8 Å². The Morgan fingerprint density at radius 3 is 2.52 bits per heavy atom. The molecule has 3 aromatic rings. The standard InChI is InChI=1S/C18H14N2O3/c1-10-3-5-11(6-4-10)16-18(22)17(21)13-7-12(9-19)15(23-2)8-14(13)20-16/h3-8,22H,1-2H3,(H,20,21). The molecule has 23 heavy (non-hydrogen) atoms. The monoisotopic (exact) mass is 306 g/mol. The summed E-state index contributed by atoms with van der Waals surface area (Å²) in [5, 5.41) is 19.6. The highest BCUT2D eigenvalue weighted by Crippen LogP contribution is 2.29. The number of ether oxygens (including phenoxy) is 1. The molecule has 114 valence electrons. The number of aromatic amines is 1. The fraction of sp³-hybridized carbons (Fsp3) is 0.111. The molecule has 0 aliphatic heterocycles. The van der Waals surface area contributed by atoms with Gasteiger partial charge in [0.25, 0.3) is 0 Å². The molecule has 0 aliphatic rings. The number of fused-ring (bicyclic) bond motifs is 1. The van der Waals surface area contributed by atoms with E-state index >= 15 is 0 Å². The molecule has 0 saturated carbocycles. The SMILES string of the molecule is COc1cc2[nH]c(-c3ccc(C)cc3)c(O)c(=O)c2cc1C#N. The van der Waals surface area contributed by atoms with Crippen molar-refractivity contribution in [3.05, 3.63) is 57.7 Å². The van der Waals surface area contributed by atoms with Crippen molar-refractivity contribution in [1.29, 1.82) is 5.26 Å². The Kier molecular flexibility index (Phi) is 3.51. The molecule has 0 amide bonds. The smallest absolute Gasteiger partial charge is 0.231 e. The van der Waals surface area contributed by atoms with Gasteiger partial charge in [0.1, 0.15) is 11.8 Å². The summed E-state index contributed by atoms with van der Waals surface area (Å²) in [5.41, 5.74) is 2.35. The number of H-pyrrole nitrogens is 1. The summed E-state index contributed by atoms with van der Waals surface area (Å²) in [4.78, 5) is 15.5. The van der Waals surface area contributed by atoms with E-state index in [1.807, 2.05) is 37.3 Å². The zero-order chi connectivity index (χ0) is 16.6. The molecule has 3 rings (SSSR count). The fourth-order valence-corrected chi connectivity index (χ4v) is 2.49. The maximum Gasteiger partial charge on any atom is 0.231 e. The Morgan fingerprint density at radius 2 is 1.91 bits per heavy atom. The number of nitriles is 1. The van der Waals surface area contributed by atoms with E-state index in [9.17, 15) is 9.90 Å². The molecule has 0 bridgehead atoms. The first-order valence-corrected chi connectivity index (χ1v) is 6.99. The Balaban J connectivity index is 2.34. The van der Waals surface area contributed by atoms with Crippen LogP contribution in [0.25, 0.3) is 22.2 Å². The highest BCUT2D eigenvalue weighted by molar-refractivity contribution is 5.87. The van der Waals surface area contributed by atoms with Crippen molar-refractivity contribution in [2.45, 2.75) is 6.92 Å². The molecule has 2 N–H and O–H groups in total. The van der Waals surface area contributed by atoms with E-state index in [-0.39, 0.29) is 16.7 Å². The molecule has 5 nitrogen and oxygen atoms in total. The van der Waals surface area contributed by atoms with Crippen molar-refractivity contribution >= 4 is 10.9 Å². The maximum absolute atomic E-state index is 12.4. The summed E-state index contributed by atoms with van der Waals surface area (Å²) < 4.78 is 5.17. The van der Waals surface area contributed by atoms with Gasteiger partial charge in [0.15, 0.2) is 5.75 Å². The van der Waals surface area contributed by atoms with E-state index in [1.165, 1.54) is 13.2 Å². The van der Waals surface area contributed by atoms with Crippen LogP contribution in [0.3, 0.4) is 0 Å². The van der Waals surface area contributed by atoms with Gasteiger partial charge in [-0.05, 0) is 13.0 Å². The van der Waals surface area contributed by atoms with Crippen LogP contribution in [-0.4, -0.2) is 17.2 Å². The van der Waals surface area contributed by atoms with Crippen LogP contribution in [0.15, 0.2) is 41.2 Å². The first kappa shape index (κ1) is 14.7. The number of rotatable bonds is 2. The summed E-state index contributed by atoms with van der Waals surface area (Å²) in [5.74, 6) is 0.00612. The number of nitrogens with one attached hydrogen (secondary N) is 1. The van der Waals surface area contributed by atoms with E-state index < -0.39 is 5.43 Å². The minimum absolute atomic E-state index is 0.244. The van der Waals surface area contributed by atoms with Gasteiger partial charge in [-0.15, -0.1) is 0 Å². The van der Waals surface area contributed by atoms with Gasteiger partial charge < -0.3 is 14.8 Å². The summed E-state index contributed by atoms with van der Waals surface area (Å²) >= 11 is 0. The van der Waals surface area contributed by atoms with Crippen LogP contribution < -0.4 is 10.2 Å². The second kappa shape index (κ2) is 5.50. The molecular weight excluding hydrogens is 292 g/mol. The van der Waals surface area contributed by atoms with Crippen LogP contribution in [0.2, 0.25) is 0 Å². The normalized spacial score (nSPS) is 10.5. The van der Waals surface area contributed by atoms with Gasteiger partial charge in [-0.2, -0.15) is 5.26 Å². The second-order valence-electron chi connectivity index (χ2n) is 5.25. The predicted octanol–water partition coefficient (Wildman–Crippen LogP) is 3.09. The first-order valence-electron chi connectivity index (χ1n) is 6.99. The van der Waals surface area contributed by atoms with Gasteiger partial charge in [-0.25, -0.2) is 0 Å². The average Bonchev–Trinajstić information content (AvgIpc) is 2.58. The van der Waals surface area contributed by atoms with Gasteiger partial charge in [0, 0.05) is 11.6 Å². The van der Waals surface area contributed by atoms with Crippen LogP contribution in [0.1, 0.15) is 11.1 Å². The molecule has 0 unspecified atom stereocenters. The molecule has 5 heteroatoms. The summed E-state index contributed by atoms with van der Waals surface area (Å²) in [6.07, 6.45) is 0. The minimum Gasteiger partial charge on any atom is -0.503 e. The number of benzene rings is 2. The summed E-state index contributed by atoms with van der Waals surface area (Å²) in [6.45, 7) is 1.96. The van der Waals surface area contributed by atoms with Gasteiger partial charge in [-0.1, -0.05) is 29.8 Å². The van der Waals surface area contributed by atoms with Crippen LogP contribution >= 0.6 is 0 Å². The lowest BCUT2D eigenvalue weighted by atomic mass is 10.0. The molecule has 2 aromatic carbocycles. The fourth-order valence-electron chi connectivity index (χ4n) is 2.49. The number of aromatic hydroxyl groups is 1. The number of aromatic nitrogens is 1. The Labute approximate surface area is 132 Å². The molecule has 0 aliphatic carbocycles. The molecule has 0 saturated heterocycles. The summed E-state index contributed by atoms with van der Waals surface area (Å²) in [6, 6.07) is 12.4. The Bertz CT molecular complexity index is 996. The van der Waals surface area contributed by atoms with E-state index in [4.69, 9.17) is 10.00 Å². The predicted molar refractivity (Wildman–Crippen MR) is 87.7 cm³/mol. The number of aryl methyl sites for hydroxylation is 1. The highest BCUT2D eigenvalue weighted by atomic mass is 16.5. The van der Waals surface area contributed by atoms with Crippen molar-refractivity contribution in [2.24, 2.45) is 0 Å². The largest absolute Gasteiger partial charge is 0.503 e. The average molecular weight is 306 g/mol. The Hall–Kier alpha value is -3.26. The molecule has 1 aromatic heterocycles. The lowest BCUT2D eigenvalue weighted by Gasteiger charge is -2.10. The molecule has 0 atom stereocenters. The van der Waals surface area contributed by atoms with Crippen molar-refractivity contribution < 1.29 is 9.84 Å². The molecule has 0 fully saturated rings. The van der Waals surface area contributed by atoms with Crippen molar-refractivity contribution in [2.75, 3.05) is 7.11 Å². The van der Waals surface area contributed by atoms with Gasteiger partial charge in [0.2, 0.25) is 5.43 Å². The number of methoxy groups -OCH3 is 1. The lowest BCUT2D eigenvalue weighted by Crippen LogP contribution is -2.06. The Morgan fingerprint density at radius 1 is 1.22 bits per heavy atom. The number of hydrogen-bond donors (Lipinski definition) is 2. The van der Waals surface area contributed by atoms with E-state index in [0.717, 1.165) is 5.56 Å². The maximum atomic E-state index is 12.4. The third-order valence-electron chi connectivity index (χ3n) is 3.76. The molecule has 0 radical (unpaired) electrons. The van der Waals surface area contributed by atoms with Crippen molar-refractivity contribution in [1.82, 2.24) is 4.98 Å². The van der Waals surface area contributed by atoms with E-state index in [2.05, 4.69) is 4.98 Å². The molecule has 0 spiro atoms. The van der Waals surface area contributed by atoms with Gasteiger partial charge in [0.05, 0.1) is 29.3 Å². The molecular formula is C18H14N2O3. The van der Waals surface area contributed by atoms with E-state index in [1.54, 1.807) is 6.07 Å². The number of pyridine rings is 1. The number of hydrogen-bond acceptors (Lipinski definition) is 4. The molecule has 1 heterocycles. The zero-order valence-corrected chi connectivity index (χ0v) is 12.7. The third-order valence-corrected chi connectivity index (χ3v) is 3.76. The summed E-state index contributed by atoms with van der Waals surface area (Å²) in [7, 11) is 1.46. The lowest BCUT2D eigenvalue weighted by molar-refractivity contribution is 0.414. The number of nitrogens with zero attached hydrogens (tertiary/aromatic N) is 1. The third kappa shape index (κ3) is 2.40. The van der Waals surface area contributed by atoms with Gasteiger partial charge >= 0.3 is 0 Å². The quantitative estimate of drug-likeness (QED) is 0.761. The highest BCUT2D eigenvalue weighted by Gasteiger charge is 2.15. The van der Waals surface area contributed by atoms with E-state index in [0.29, 0.717) is 22.5 Å². The second-order valence-corrected chi connectivity index (χ2v) is 5.25. The zero-order valence-electron chi connectivity index (χ0n) is 12.7. The van der Waals surface area contributed by atoms with Crippen molar-refractivity contribution in [3.63, 3.8) is 0 Å². The first-order chi connectivity index (χ1) is 11.0. The van der Waals surface area contributed by atoms with Crippen LogP contribution in [0, 0.1) is 18.3 Å². The topological polar surface area (TPSA) is 86.1 Å². The van der Waals surface area contributed by atoms with Crippen LogP contribution in [0.4, 0.5) is 0 Å². The minimum atomic E-state index is -0.520. The van der Waals surface area contributed by atoms with Crippen LogP contribution in [-0.2, 0) is 0 Å². The van der Waals surface area contributed by atoms with Crippen LogP contribution in [0.5, 0.6) is 11.5 Å².